The Balaban J connectivity index is 2.14. The first-order chi connectivity index (χ1) is 9.90. The molecule has 1 aliphatic heterocycles. The first-order valence-corrected chi connectivity index (χ1v) is 7.37. The van der Waals surface area contributed by atoms with Crippen molar-refractivity contribution in [2.24, 2.45) is 0 Å². The minimum Gasteiger partial charge on any atom is -0.478 e. The number of benzene rings is 1. The van der Waals surface area contributed by atoms with Gasteiger partial charge in [0.15, 0.2) is 0 Å². The first kappa shape index (κ1) is 15.8. The SMILES string of the molecule is CC1OCCC1N(C)C(=O)Nc1ccc(Br)cc1C(=O)O. The summed E-state index contributed by atoms with van der Waals surface area (Å²) in [6.45, 7) is 2.55. The topological polar surface area (TPSA) is 78.9 Å². The third-order valence-corrected chi connectivity index (χ3v) is 4.10. The van der Waals surface area contributed by atoms with Gasteiger partial charge in [-0.2, -0.15) is 0 Å². The summed E-state index contributed by atoms with van der Waals surface area (Å²) in [6.07, 6.45) is 0.752. The van der Waals surface area contributed by atoms with Gasteiger partial charge in [0.2, 0.25) is 0 Å². The standard InChI is InChI=1S/C14H17BrN2O4/c1-8-12(5-6-21-8)17(2)14(20)16-11-4-3-9(15)7-10(11)13(18)19/h3-4,7-8,12H,5-6H2,1-2H3,(H,16,20)(H,18,19). The Morgan fingerprint density at radius 3 is 2.76 bits per heavy atom. The van der Waals surface area contributed by atoms with Gasteiger partial charge in [0.05, 0.1) is 23.4 Å². The number of halogens is 1. The highest BCUT2D eigenvalue weighted by atomic mass is 79.9. The van der Waals surface area contributed by atoms with Crippen LogP contribution in [0.15, 0.2) is 22.7 Å². The molecule has 0 aromatic heterocycles. The summed E-state index contributed by atoms with van der Waals surface area (Å²) in [5.41, 5.74) is 0.316. The fourth-order valence-electron chi connectivity index (χ4n) is 2.39. The molecular formula is C14H17BrN2O4. The molecule has 1 aromatic carbocycles. The second-order valence-electron chi connectivity index (χ2n) is 4.97. The number of carboxylic acids is 1. The molecule has 1 aliphatic rings. The molecule has 6 nitrogen and oxygen atoms in total. The molecule has 2 atom stereocenters. The highest BCUT2D eigenvalue weighted by Crippen LogP contribution is 2.23. The quantitative estimate of drug-likeness (QED) is 0.872. The maximum Gasteiger partial charge on any atom is 0.337 e. The predicted molar refractivity (Wildman–Crippen MR) is 81.7 cm³/mol. The number of nitrogens with zero attached hydrogens (tertiary/aromatic N) is 1. The van der Waals surface area contributed by atoms with Crippen LogP contribution < -0.4 is 5.32 Å². The van der Waals surface area contributed by atoms with Gasteiger partial charge in [0, 0.05) is 18.1 Å². The molecule has 2 N–H and O–H groups in total. The molecule has 114 valence electrons. The lowest BCUT2D eigenvalue weighted by molar-refractivity contribution is 0.0698. The van der Waals surface area contributed by atoms with Crippen molar-refractivity contribution in [1.29, 1.82) is 0 Å². The third kappa shape index (κ3) is 3.54. The number of rotatable bonds is 3. The van der Waals surface area contributed by atoms with Gasteiger partial charge in [-0.3, -0.25) is 0 Å². The summed E-state index contributed by atoms with van der Waals surface area (Å²) in [5, 5.41) is 11.8. The zero-order valence-corrected chi connectivity index (χ0v) is 13.4. The van der Waals surface area contributed by atoms with Gasteiger partial charge in [-0.25, -0.2) is 9.59 Å². The number of hydrogen-bond acceptors (Lipinski definition) is 3. The van der Waals surface area contributed by atoms with E-state index < -0.39 is 5.97 Å². The Hall–Kier alpha value is -1.60. The van der Waals surface area contributed by atoms with Gasteiger partial charge in [-0.05, 0) is 31.5 Å². The Kier molecular flexibility index (Phi) is 4.84. The monoisotopic (exact) mass is 356 g/mol. The number of ether oxygens (including phenoxy) is 1. The molecule has 0 spiro atoms. The highest BCUT2D eigenvalue weighted by molar-refractivity contribution is 9.10. The molecule has 0 saturated carbocycles. The molecule has 1 aromatic rings. The van der Waals surface area contributed by atoms with E-state index in [9.17, 15) is 14.7 Å². The minimum absolute atomic E-state index is 0.00581. The Morgan fingerprint density at radius 1 is 1.48 bits per heavy atom. The molecule has 1 fully saturated rings. The van der Waals surface area contributed by atoms with Gasteiger partial charge in [-0.15, -0.1) is 0 Å². The van der Waals surface area contributed by atoms with Gasteiger partial charge in [0.1, 0.15) is 0 Å². The van der Waals surface area contributed by atoms with Crippen molar-refractivity contribution in [2.45, 2.75) is 25.5 Å². The van der Waals surface area contributed by atoms with E-state index in [-0.39, 0.29) is 29.4 Å². The molecule has 0 aliphatic carbocycles. The number of anilines is 1. The lowest BCUT2D eigenvalue weighted by Gasteiger charge is -2.27. The number of carbonyl (C=O) groups is 2. The Labute approximate surface area is 131 Å². The summed E-state index contributed by atoms with van der Waals surface area (Å²) in [7, 11) is 1.68. The average Bonchev–Trinajstić information content (AvgIpc) is 2.85. The van der Waals surface area contributed by atoms with Crippen molar-refractivity contribution in [3.8, 4) is 0 Å². The number of urea groups is 1. The van der Waals surface area contributed by atoms with Gasteiger partial charge in [-0.1, -0.05) is 15.9 Å². The van der Waals surface area contributed by atoms with Gasteiger partial charge >= 0.3 is 12.0 Å². The summed E-state index contributed by atoms with van der Waals surface area (Å²) in [4.78, 5) is 25.0. The van der Waals surface area contributed by atoms with E-state index >= 15 is 0 Å². The number of carbonyl (C=O) groups excluding carboxylic acids is 1. The number of amides is 2. The molecule has 1 heterocycles. The summed E-state index contributed by atoms with van der Waals surface area (Å²) in [5.74, 6) is -1.09. The summed E-state index contributed by atoms with van der Waals surface area (Å²) < 4.78 is 6.09. The molecule has 2 rings (SSSR count). The molecule has 1 saturated heterocycles. The third-order valence-electron chi connectivity index (χ3n) is 3.61. The van der Waals surface area contributed by atoms with Crippen molar-refractivity contribution in [3.63, 3.8) is 0 Å². The van der Waals surface area contributed by atoms with Crippen molar-refractivity contribution in [1.82, 2.24) is 4.90 Å². The second-order valence-corrected chi connectivity index (χ2v) is 5.88. The van der Waals surface area contributed by atoms with Crippen LogP contribution in [0, 0.1) is 0 Å². The normalized spacial score (nSPS) is 21.1. The number of likely N-dealkylation sites (N-methyl/N-ethyl adjacent to an activating group) is 1. The van der Waals surface area contributed by atoms with E-state index in [1.54, 1.807) is 24.1 Å². The Bertz CT molecular complexity index is 564. The van der Waals surface area contributed by atoms with Crippen molar-refractivity contribution in [2.75, 3.05) is 19.0 Å². The molecule has 2 amide bonds. The van der Waals surface area contributed by atoms with Crippen molar-refractivity contribution >= 4 is 33.6 Å². The fourth-order valence-corrected chi connectivity index (χ4v) is 2.75. The molecule has 0 radical (unpaired) electrons. The molecule has 2 unspecified atom stereocenters. The lowest BCUT2D eigenvalue weighted by Crippen LogP contribution is -2.43. The van der Waals surface area contributed by atoms with Crippen LogP contribution in [0.2, 0.25) is 0 Å². The maximum absolute atomic E-state index is 12.3. The smallest absolute Gasteiger partial charge is 0.337 e. The van der Waals surface area contributed by atoms with Crippen LogP contribution in [-0.2, 0) is 4.74 Å². The number of carboxylic acid groups (broad SMARTS) is 1. The van der Waals surface area contributed by atoms with E-state index in [4.69, 9.17) is 4.74 Å². The van der Waals surface area contributed by atoms with E-state index in [0.717, 1.165) is 6.42 Å². The zero-order chi connectivity index (χ0) is 15.6. The van der Waals surface area contributed by atoms with Crippen LogP contribution in [0.25, 0.3) is 0 Å². The molecule has 21 heavy (non-hydrogen) atoms. The van der Waals surface area contributed by atoms with Crippen LogP contribution in [0.4, 0.5) is 10.5 Å². The molecular weight excluding hydrogens is 340 g/mol. The van der Waals surface area contributed by atoms with Crippen molar-refractivity contribution in [3.05, 3.63) is 28.2 Å². The van der Waals surface area contributed by atoms with E-state index in [1.807, 2.05) is 6.92 Å². The largest absolute Gasteiger partial charge is 0.478 e. The number of hydrogen-bond donors (Lipinski definition) is 2. The van der Waals surface area contributed by atoms with Crippen molar-refractivity contribution < 1.29 is 19.4 Å². The molecule has 7 heteroatoms. The minimum atomic E-state index is -1.09. The molecule has 0 bridgehead atoms. The predicted octanol–water partition coefficient (Wildman–Crippen LogP) is 2.79. The summed E-state index contributed by atoms with van der Waals surface area (Å²) >= 11 is 3.22. The van der Waals surface area contributed by atoms with Gasteiger partial charge < -0.3 is 20.1 Å². The van der Waals surface area contributed by atoms with Crippen LogP contribution in [0.5, 0.6) is 0 Å². The second kappa shape index (κ2) is 6.44. The maximum atomic E-state index is 12.3. The van der Waals surface area contributed by atoms with Crippen LogP contribution in [0.3, 0.4) is 0 Å². The van der Waals surface area contributed by atoms with E-state index in [1.165, 1.54) is 6.07 Å². The van der Waals surface area contributed by atoms with Gasteiger partial charge in [0.25, 0.3) is 0 Å². The zero-order valence-electron chi connectivity index (χ0n) is 11.8. The Morgan fingerprint density at radius 2 is 2.19 bits per heavy atom. The van der Waals surface area contributed by atoms with Crippen LogP contribution in [-0.4, -0.2) is 47.8 Å². The average molecular weight is 357 g/mol. The number of nitrogens with one attached hydrogen (secondary N) is 1. The number of aromatic carboxylic acids is 1. The first-order valence-electron chi connectivity index (χ1n) is 6.58. The fraction of sp³-hybridized carbons (Fsp3) is 0.429. The highest BCUT2D eigenvalue weighted by Gasteiger charge is 2.31. The summed E-state index contributed by atoms with van der Waals surface area (Å²) in [6, 6.07) is 4.35. The van der Waals surface area contributed by atoms with Crippen LogP contribution >= 0.6 is 15.9 Å². The van der Waals surface area contributed by atoms with E-state index in [2.05, 4.69) is 21.2 Å². The lowest BCUT2D eigenvalue weighted by atomic mass is 10.1. The van der Waals surface area contributed by atoms with E-state index in [0.29, 0.717) is 11.1 Å². The van der Waals surface area contributed by atoms with Crippen LogP contribution in [0.1, 0.15) is 23.7 Å².